The lowest BCUT2D eigenvalue weighted by Gasteiger charge is -2.31. The highest BCUT2D eigenvalue weighted by Gasteiger charge is 2.67. The minimum Gasteiger partial charge on any atom is -0.396 e. The topological polar surface area (TPSA) is 92.9 Å². The standard InChI is InChI=1S/C22H25FN2O5Si/c1-14-20(31(2,3)23)19(11-12-26)30-22(14)17-13-16(25(28)29)9-10-18(17)24(21(22)27)15-7-5-4-6-8-15/h4-10,13-14,19-20,26H,11-12H2,1-3H3/t14-,19+,20-,22+/m0/s1. The van der Waals surface area contributed by atoms with E-state index in [1.165, 1.54) is 17.0 Å². The second-order valence-corrected chi connectivity index (χ2v) is 12.5. The van der Waals surface area contributed by atoms with Crippen molar-refractivity contribution in [2.75, 3.05) is 11.5 Å². The third-order valence-electron chi connectivity index (χ3n) is 6.49. The molecule has 2 aliphatic heterocycles. The first-order chi connectivity index (χ1) is 14.6. The van der Waals surface area contributed by atoms with Crippen molar-refractivity contribution < 1.29 is 23.7 Å². The highest BCUT2D eigenvalue weighted by molar-refractivity contribution is 6.72. The lowest BCUT2D eigenvalue weighted by Crippen LogP contribution is -2.44. The highest BCUT2D eigenvalue weighted by atomic mass is 28.4. The molecule has 1 amide bonds. The average Bonchev–Trinajstić information content (AvgIpc) is 3.14. The molecule has 4 rings (SSSR count). The number of aliphatic hydroxyl groups excluding tert-OH is 1. The molecule has 4 atom stereocenters. The Morgan fingerprint density at radius 3 is 2.52 bits per heavy atom. The van der Waals surface area contributed by atoms with Crippen molar-refractivity contribution in [2.45, 2.75) is 43.7 Å². The largest absolute Gasteiger partial charge is 0.396 e. The number of benzene rings is 2. The molecule has 164 valence electrons. The van der Waals surface area contributed by atoms with Gasteiger partial charge in [0, 0.05) is 41.4 Å². The molecule has 7 nitrogen and oxygen atoms in total. The van der Waals surface area contributed by atoms with E-state index in [0.29, 0.717) is 16.9 Å². The summed E-state index contributed by atoms with van der Waals surface area (Å²) in [5.41, 5.74) is -0.767. The highest BCUT2D eigenvalue weighted by Crippen LogP contribution is 2.61. The number of fused-ring (bicyclic) bond motifs is 2. The van der Waals surface area contributed by atoms with Crippen molar-refractivity contribution in [2.24, 2.45) is 5.92 Å². The molecular formula is C22H25FN2O5Si. The molecule has 1 N–H and O–H groups in total. The summed E-state index contributed by atoms with van der Waals surface area (Å²) in [4.78, 5) is 26.4. The summed E-state index contributed by atoms with van der Waals surface area (Å²) in [6, 6.07) is 13.3. The van der Waals surface area contributed by atoms with Crippen LogP contribution >= 0.6 is 0 Å². The van der Waals surface area contributed by atoms with Crippen molar-refractivity contribution in [3.05, 3.63) is 64.2 Å². The maximum atomic E-state index is 15.4. The van der Waals surface area contributed by atoms with Crippen LogP contribution in [0.3, 0.4) is 0 Å². The third kappa shape index (κ3) is 3.19. The van der Waals surface area contributed by atoms with Crippen molar-refractivity contribution in [3.63, 3.8) is 0 Å². The molecule has 1 saturated heterocycles. The normalized spacial score (nSPS) is 27.7. The number of non-ortho nitro benzene ring substituents is 1. The summed E-state index contributed by atoms with van der Waals surface area (Å²) >= 11 is 0. The van der Waals surface area contributed by atoms with Gasteiger partial charge in [0.1, 0.15) is 0 Å². The molecule has 0 unspecified atom stereocenters. The fraction of sp³-hybridized carbons (Fsp3) is 0.409. The Morgan fingerprint density at radius 2 is 1.94 bits per heavy atom. The number of anilines is 2. The summed E-state index contributed by atoms with van der Waals surface area (Å²) in [7, 11) is -3.31. The fourth-order valence-electron chi connectivity index (χ4n) is 5.30. The fourth-order valence-corrected chi connectivity index (χ4v) is 7.85. The smallest absolute Gasteiger partial charge is 0.269 e. The summed E-state index contributed by atoms with van der Waals surface area (Å²) in [5.74, 6) is -0.942. The van der Waals surface area contributed by atoms with Crippen LogP contribution in [0.15, 0.2) is 48.5 Å². The molecule has 2 aromatic rings. The molecular weight excluding hydrogens is 419 g/mol. The minimum atomic E-state index is -3.31. The molecule has 9 heteroatoms. The Labute approximate surface area is 180 Å². The van der Waals surface area contributed by atoms with Crippen LogP contribution in [0, 0.1) is 16.0 Å². The van der Waals surface area contributed by atoms with Crippen LogP contribution in [-0.2, 0) is 15.1 Å². The van der Waals surface area contributed by atoms with E-state index < -0.39 is 36.5 Å². The van der Waals surface area contributed by atoms with Gasteiger partial charge >= 0.3 is 0 Å². The molecule has 1 spiro atoms. The van der Waals surface area contributed by atoms with E-state index in [-0.39, 0.29) is 24.6 Å². The number of rotatable bonds is 5. The minimum absolute atomic E-state index is 0.157. The first kappa shape index (κ1) is 21.6. The van der Waals surface area contributed by atoms with Gasteiger partial charge in [-0.05, 0) is 37.7 Å². The van der Waals surface area contributed by atoms with Gasteiger partial charge in [-0.15, -0.1) is 0 Å². The summed E-state index contributed by atoms with van der Waals surface area (Å²) < 4.78 is 21.8. The summed E-state index contributed by atoms with van der Waals surface area (Å²) in [6.07, 6.45) is -0.460. The number of hydrogen-bond donors (Lipinski definition) is 1. The zero-order valence-corrected chi connectivity index (χ0v) is 18.6. The number of carbonyl (C=O) groups excluding carboxylic acids is 1. The van der Waals surface area contributed by atoms with Gasteiger partial charge in [-0.25, -0.2) is 0 Å². The quantitative estimate of drug-likeness (QED) is 0.319. The lowest BCUT2D eigenvalue weighted by molar-refractivity contribution is -0.385. The van der Waals surface area contributed by atoms with Crippen LogP contribution in [0.2, 0.25) is 18.6 Å². The van der Waals surface area contributed by atoms with Crippen molar-refractivity contribution in [3.8, 4) is 0 Å². The van der Waals surface area contributed by atoms with Crippen LogP contribution in [0.5, 0.6) is 0 Å². The second kappa shape index (κ2) is 7.51. The molecule has 2 aliphatic rings. The first-order valence-corrected chi connectivity index (χ1v) is 13.2. The number of hydrogen-bond acceptors (Lipinski definition) is 5. The monoisotopic (exact) mass is 444 g/mol. The number of nitrogens with zero attached hydrogens (tertiary/aromatic N) is 2. The number of halogens is 1. The summed E-state index contributed by atoms with van der Waals surface area (Å²) in [5, 5.41) is 21.1. The lowest BCUT2D eigenvalue weighted by atomic mass is 9.82. The summed E-state index contributed by atoms with van der Waals surface area (Å²) in [6.45, 7) is 4.73. The van der Waals surface area contributed by atoms with E-state index in [4.69, 9.17) is 4.74 Å². The molecule has 0 radical (unpaired) electrons. The number of aliphatic hydroxyl groups is 1. The molecule has 0 aliphatic carbocycles. The van der Waals surface area contributed by atoms with Gasteiger partial charge in [0.25, 0.3) is 11.6 Å². The molecule has 1 fully saturated rings. The van der Waals surface area contributed by atoms with Gasteiger partial charge in [0.2, 0.25) is 8.41 Å². The van der Waals surface area contributed by atoms with Crippen LogP contribution in [0.25, 0.3) is 0 Å². The van der Waals surface area contributed by atoms with E-state index in [1.54, 1.807) is 50.3 Å². The molecule has 0 aromatic heterocycles. The van der Waals surface area contributed by atoms with E-state index in [1.807, 2.05) is 6.07 Å². The Morgan fingerprint density at radius 1 is 1.26 bits per heavy atom. The Hall–Kier alpha value is -2.62. The number of nitro groups is 1. The third-order valence-corrected chi connectivity index (χ3v) is 8.95. The number of para-hydroxylation sites is 1. The van der Waals surface area contributed by atoms with Crippen molar-refractivity contribution in [1.82, 2.24) is 0 Å². The van der Waals surface area contributed by atoms with Gasteiger partial charge in [-0.2, -0.15) is 0 Å². The van der Waals surface area contributed by atoms with Gasteiger partial charge < -0.3 is 14.0 Å². The Bertz CT molecular complexity index is 1030. The van der Waals surface area contributed by atoms with E-state index in [2.05, 4.69) is 0 Å². The van der Waals surface area contributed by atoms with E-state index in [0.717, 1.165) is 0 Å². The predicted molar refractivity (Wildman–Crippen MR) is 116 cm³/mol. The molecule has 31 heavy (non-hydrogen) atoms. The maximum Gasteiger partial charge on any atom is 0.269 e. The average molecular weight is 445 g/mol. The number of nitro benzene ring substituents is 1. The molecule has 2 heterocycles. The van der Waals surface area contributed by atoms with Gasteiger partial charge in [0.15, 0.2) is 5.60 Å². The van der Waals surface area contributed by atoms with E-state index >= 15 is 4.11 Å². The van der Waals surface area contributed by atoms with Gasteiger partial charge in [-0.1, -0.05) is 25.1 Å². The van der Waals surface area contributed by atoms with Crippen LogP contribution in [0.4, 0.5) is 21.2 Å². The predicted octanol–water partition coefficient (Wildman–Crippen LogP) is 4.43. The first-order valence-electron chi connectivity index (χ1n) is 10.3. The van der Waals surface area contributed by atoms with Crippen LogP contribution < -0.4 is 4.90 Å². The van der Waals surface area contributed by atoms with Gasteiger partial charge in [0.05, 0.1) is 16.7 Å². The van der Waals surface area contributed by atoms with Crippen LogP contribution in [0.1, 0.15) is 18.9 Å². The van der Waals surface area contributed by atoms with Crippen molar-refractivity contribution in [1.29, 1.82) is 0 Å². The zero-order chi connectivity index (χ0) is 22.6. The zero-order valence-electron chi connectivity index (χ0n) is 17.6. The molecule has 0 bridgehead atoms. The molecule has 0 saturated carbocycles. The van der Waals surface area contributed by atoms with E-state index in [9.17, 15) is 20.0 Å². The number of carbonyl (C=O) groups is 1. The number of ether oxygens (including phenoxy) is 1. The van der Waals surface area contributed by atoms with Crippen molar-refractivity contribution >= 4 is 31.4 Å². The Kier molecular flexibility index (Phi) is 5.23. The SMILES string of the molecule is C[C@H]1[C@H]([Si](C)(C)F)[C@@H](CCO)O[C@]12C(=O)N(c1ccccc1)c1ccc([N+](=O)[O-])cc12. The number of amides is 1. The second-order valence-electron chi connectivity index (χ2n) is 8.72. The van der Waals surface area contributed by atoms with Gasteiger partial charge in [-0.3, -0.25) is 19.8 Å². The molecule has 2 aromatic carbocycles. The van der Waals surface area contributed by atoms with Crippen LogP contribution in [-0.4, -0.2) is 37.1 Å². The maximum absolute atomic E-state index is 15.4. The Balaban J connectivity index is 1.95.